The number of methoxy groups -OCH3 is 1. The van der Waals surface area contributed by atoms with Gasteiger partial charge in [-0.05, 0) is 12.8 Å². The average Bonchev–Trinajstić information content (AvgIpc) is 2.67. The lowest BCUT2D eigenvalue weighted by atomic mass is 10.00. The van der Waals surface area contributed by atoms with Gasteiger partial charge < -0.3 is 9.30 Å². The van der Waals surface area contributed by atoms with E-state index < -0.39 is 0 Å². The highest BCUT2D eigenvalue weighted by atomic mass is 32.1. The Morgan fingerprint density at radius 2 is 2.16 bits per heavy atom. The highest BCUT2D eigenvalue weighted by molar-refractivity contribution is 7.07. The lowest BCUT2D eigenvalue weighted by molar-refractivity contribution is -0.122. The number of hydrogen-bond donors (Lipinski definition) is 0. The van der Waals surface area contributed by atoms with E-state index in [-0.39, 0.29) is 11.8 Å². The average molecular weight is 282 g/mol. The van der Waals surface area contributed by atoms with Crippen LogP contribution in [0.15, 0.2) is 16.6 Å². The predicted octanol–water partition coefficient (Wildman–Crippen LogP) is 2.59. The number of aromatic nitrogens is 1. The second-order valence-electron chi connectivity index (χ2n) is 5.01. The van der Waals surface area contributed by atoms with E-state index in [1.807, 2.05) is 16.1 Å². The van der Waals surface area contributed by atoms with E-state index in [0.717, 1.165) is 24.2 Å². The van der Waals surface area contributed by atoms with E-state index in [1.54, 1.807) is 7.11 Å². The largest absolute Gasteiger partial charge is 0.383 e. The van der Waals surface area contributed by atoms with Crippen molar-refractivity contribution in [3.8, 4) is 0 Å². The summed E-state index contributed by atoms with van der Waals surface area (Å²) in [6.07, 6.45) is 8.83. The highest BCUT2D eigenvalue weighted by Gasteiger charge is 2.19. The molecule has 4 nitrogen and oxygen atoms in total. The molecule has 0 saturated heterocycles. The summed E-state index contributed by atoms with van der Waals surface area (Å²) in [6, 6.07) is 0. The van der Waals surface area contributed by atoms with Gasteiger partial charge in [0.2, 0.25) is 0 Å². The zero-order chi connectivity index (χ0) is 13.5. The van der Waals surface area contributed by atoms with Gasteiger partial charge in [0, 0.05) is 31.1 Å². The number of hydrogen-bond acceptors (Lipinski definition) is 3. The molecule has 5 heteroatoms. The van der Waals surface area contributed by atoms with Crippen molar-refractivity contribution >= 4 is 17.2 Å². The summed E-state index contributed by atoms with van der Waals surface area (Å²) in [5.41, 5.74) is 0. The van der Waals surface area contributed by atoms with Gasteiger partial charge >= 0.3 is 0 Å². The molecule has 0 bridgehead atoms. The van der Waals surface area contributed by atoms with Crippen LogP contribution in [-0.2, 0) is 16.1 Å². The van der Waals surface area contributed by atoms with Crippen molar-refractivity contribution in [1.29, 1.82) is 0 Å². The molecule has 19 heavy (non-hydrogen) atoms. The summed E-state index contributed by atoms with van der Waals surface area (Å²) in [7, 11) is 1.68. The Balaban J connectivity index is 2.06. The number of amides is 1. The number of ether oxygens (including phenoxy) is 1. The van der Waals surface area contributed by atoms with E-state index in [0.29, 0.717) is 6.61 Å². The van der Waals surface area contributed by atoms with Crippen molar-refractivity contribution in [2.24, 2.45) is 10.9 Å². The molecule has 1 aliphatic rings. The van der Waals surface area contributed by atoms with Gasteiger partial charge in [0.05, 0.1) is 6.61 Å². The van der Waals surface area contributed by atoms with E-state index in [9.17, 15) is 4.79 Å². The fourth-order valence-corrected chi connectivity index (χ4v) is 3.22. The normalized spacial score (nSPS) is 18.5. The third-order valence-corrected chi connectivity index (χ3v) is 4.40. The lowest BCUT2D eigenvalue weighted by Crippen LogP contribution is -2.21. The highest BCUT2D eigenvalue weighted by Crippen LogP contribution is 2.23. The molecular formula is C14H22N2O2S. The Bertz CT molecular complexity index is 456. The van der Waals surface area contributed by atoms with Crippen molar-refractivity contribution in [2.75, 3.05) is 13.7 Å². The summed E-state index contributed by atoms with van der Waals surface area (Å²) in [6.45, 7) is 1.39. The first kappa shape index (κ1) is 14.5. The van der Waals surface area contributed by atoms with Gasteiger partial charge in [0.25, 0.3) is 5.91 Å². The molecule has 1 aromatic heterocycles. The molecule has 1 amide bonds. The summed E-state index contributed by atoms with van der Waals surface area (Å²) >= 11 is 1.52. The van der Waals surface area contributed by atoms with E-state index >= 15 is 0 Å². The van der Waals surface area contributed by atoms with Gasteiger partial charge in [-0.15, -0.1) is 11.3 Å². The molecule has 1 heterocycles. The van der Waals surface area contributed by atoms with Crippen LogP contribution in [0.1, 0.15) is 38.5 Å². The van der Waals surface area contributed by atoms with E-state index in [2.05, 4.69) is 4.99 Å². The molecule has 1 aliphatic carbocycles. The Kier molecular flexibility index (Phi) is 5.79. The first-order valence-corrected chi connectivity index (χ1v) is 7.90. The SMILES string of the molecule is COCCn1ccsc1=NC(=O)C1CCCCCC1. The van der Waals surface area contributed by atoms with Crippen LogP contribution in [-0.4, -0.2) is 24.2 Å². The molecule has 0 spiro atoms. The maximum atomic E-state index is 12.2. The van der Waals surface area contributed by atoms with E-state index in [4.69, 9.17) is 4.74 Å². The van der Waals surface area contributed by atoms with Gasteiger partial charge in [0.1, 0.15) is 0 Å². The first-order chi connectivity index (χ1) is 9.31. The molecule has 0 aliphatic heterocycles. The summed E-state index contributed by atoms with van der Waals surface area (Å²) in [4.78, 5) is 17.4. The van der Waals surface area contributed by atoms with Crippen LogP contribution in [0.5, 0.6) is 0 Å². The Morgan fingerprint density at radius 1 is 1.42 bits per heavy atom. The minimum Gasteiger partial charge on any atom is -0.383 e. The van der Waals surface area contributed by atoms with Crippen LogP contribution in [0, 0.1) is 5.92 Å². The molecule has 2 rings (SSSR count). The monoisotopic (exact) mass is 282 g/mol. The Morgan fingerprint density at radius 3 is 2.84 bits per heavy atom. The van der Waals surface area contributed by atoms with Crippen molar-refractivity contribution in [2.45, 2.75) is 45.1 Å². The smallest absolute Gasteiger partial charge is 0.251 e. The zero-order valence-corrected chi connectivity index (χ0v) is 12.3. The Labute approximate surface area is 118 Å². The van der Waals surface area contributed by atoms with Crippen molar-refractivity contribution < 1.29 is 9.53 Å². The molecule has 0 aromatic carbocycles. The van der Waals surface area contributed by atoms with Crippen molar-refractivity contribution in [1.82, 2.24) is 4.57 Å². The number of carbonyl (C=O) groups excluding carboxylic acids is 1. The predicted molar refractivity (Wildman–Crippen MR) is 75.9 cm³/mol. The molecule has 0 radical (unpaired) electrons. The van der Waals surface area contributed by atoms with Crippen LogP contribution in [0.3, 0.4) is 0 Å². The lowest BCUT2D eigenvalue weighted by Gasteiger charge is -2.08. The van der Waals surface area contributed by atoms with Crippen LogP contribution in [0.25, 0.3) is 0 Å². The van der Waals surface area contributed by atoms with E-state index in [1.165, 1.54) is 37.0 Å². The third kappa shape index (κ3) is 4.28. The van der Waals surface area contributed by atoms with Crippen LogP contribution >= 0.6 is 11.3 Å². The number of rotatable bonds is 4. The van der Waals surface area contributed by atoms with Crippen molar-refractivity contribution in [3.63, 3.8) is 0 Å². The molecule has 1 aromatic rings. The number of thiazole rings is 1. The topological polar surface area (TPSA) is 43.6 Å². The second kappa shape index (κ2) is 7.60. The molecule has 0 atom stereocenters. The molecule has 0 N–H and O–H groups in total. The standard InChI is InChI=1S/C14H22N2O2S/c1-18-10-8-16-9-11-19-14(16)15-13(17)12-6-4-2-3-5-7-12/h9,11-12H,2-8,10H2,1H3. The van der Waals surface area contributed by atoms with Gasteiger partial charge in [-0.25, -0.2) is 0 Å². The first-order valence-electron chi connectivity index (χ1n) is 7.02. The molecule has 106 valence electrons. The van der Waals surface area contributed by atoms with Crippen LogP contribution in [0.2, 0.25) is 0 Å². The molecular weight excluding hydrogens is 260 g/mol. The summed E-state index contributed by atoms with van der Waals surface area (Å²) < 4.78 is 7.05. The second-order valence-corrected chi connectivity index (χ2v) is 5.88. The van der Waals surface area contributed by atoms with Crippen LogP contribution in [0.4, 0.5) is 0 Å². The minimum absolute atomic E-state index is 0.0653. The fourth-order valence-electron chi connectivity index (χ4n) is 2.46. The molecule has 0 unspecified atom stereocenters. The maximum Gasteiger partial charge on any atom is 0.251 e. The van der Waals surface area contributed by atoms with Crippen LogP contribution < -0.4 is 4.80 Å². The third-order valence-electron chi connectivity index (χ3n) is 3.61. The van der Waals surface area contributed by atoms with Gasteiger partial charge in [-0.1, -0.05) is 25.7 Å². The minimum atomic E-state index is 0.0653. The van der Waals surface area contributed by atoms with Gasteiger partial charge in [0.15, 0.2) is 4.80 Å². The summed E-state index contributed by atoms with van der Waals surface area (Å²) in [5, 5.41) is 1.97. The molecule has 1 saturated carbocycles. The maximum absolute atomic E-state index is 12.2. The van der Waals surface area contributed by atoms with Gasteiger partial charge in [-0.3, -0.25) is 4.79 Å². The fraction of sp³-hybridized carbons (Fsp3) is 0.714. The number of carbonyl (C=O) groups is 1. The van der Waals surface area contributed by atoms with Crippen molar-refractivity contribution in [3.05, 3.63) is 16.4 Å². The zero-order valence-electron chi connectivity index (χ0n) is 11.5. The Hall–Kier alpha value is -0.940. The molecule has 1 fully saturated rings. The van der Waals surface area contributed by atoms with Gasteiger partial charge in [-0.2, -0.15) is 4.99 Å². The quantitative estimate of drug-likeness (QED) is 0.797. The number of nitrogens with zero attached hydrogens (tertiary/aromatic N) is 2. The summed E-state index contributed by atoms with van der Waals surface area (Å²) in [5.74, 6) is 0.205.